The van der Waals surface area contributed by atoms with E-state index in [0.29, 0.717) is 11.4 Å². The third-order valence-corrected chi connectivity index (χ3v) is 5.14. The second-order valence-corrected chi connectivity index (χ2v) is 7.08. The van der Waals surface area contributed by atoms with Gasteiger partial charge in [-0.15, -0.1) is 0 Å². The predicted molar refractivity (Wildman–Crippen MR) is 81.0 cm³/mol. The molecule has 0 atom stereocenters. The highest BCUT2D eigenvalue weighted by atomic mass is 32.2. The largest absolute Gasteiger partial charge is 0.508 e. The number of phenols is 1. The van der Waals surface area contributed by atoms with Crippen LogP contribution < -0.4 is 4.31 Å². The standard InChI is InChI=1S/C14H19N3O3S/c1-10(2)17-9-14(11(3)15-17)21(19,20)16(4)12-5-7-13(18)8-6-12/h5-10,18H,1-4H3. The van der Waals surface area contributed by atoms with Gasteiger partial charge in [0, 0.05) is 19.3 Å². The van der Waals surface area contributed by atoms with E-state index in [1.54, 1.807) is 29.9 Å². The second-order valence-electron chi connectivity index (χ2n) is 5.14. The Morgan fingerprint density at radius 1 is 1.24 bits per heavy atom. The van der Waals surface area contributed by atoms with E-state index in [0.717, 1.165) is 0 Å². The van der Waals surface area contributed by atoms with Crippen molar-refractivity contribution in [1.29, 1.82) is 0 Å². The minimum Gasteiger partial charge on any atom is -0.508 e. The fourth-order valence-corrected chi connectivity index (χ4v) is 3.28. The van der Waals surface area contributed by atoms with Gasteiger partial charge in [0.25, 0.3) is 10.0 Å². The van der Waals surface area contributed by atoms with Crippen molar-refractivity contribution in [2.45, 2.75) is 31.7 Å². The molecule has 0 saturated carbocycles. The van der Waals surface area contributed by atoms with Crippen LogP contribution in [0.15, 0.2) is 35.4 Å². The van der Waals surface area contributed by atoms with Gasteiger partial charge in [0.15, 0.2) is 0 Å². The van der Waals surface area contributed by atoms with Crippen LogP contribution in [0.1, 0.15) is 25.6 Å². The monoisotopic (exact) mass is 309 g/mol. The number of hydrogen-bond donors (Lipinski definition) is 1. The summed E-state index contributed by atoms with van der Waals surface area (Å²) in [6.07, 6.45) is 1.55. The zero-order valence-corrected chi connectivity index (χ0v) is 13.3. The third kappa shape index (κ3) is 2.87. The molecule has 114 valence electrons. The smallest absolute Gasteiger partial charge is 0.267 e. The van der Waals surface area contributed by atoms with Crippen LogP contribution in [0.2, 0.25) is 0 Å². The van der Waals surface area contributed by atoms with Crippen molar-refractivity contribution in [1.82, 2.24) is 9.78 Å². The Bertz CT molecular complexity index is 733. The van der Waals surface area contributed by atoms with Gasteiger partial charge in [-0.05, 0) is 45.0 Å². The number of benzene rings is 1. The Labute approximate surface area is 124 Å². The van der Waals surface area contributed by atoms with Crippen LogP contribution in [0, 0.1) is 6.92 Å². The molecule has 0 bridgehead atoms. The Kier molecular flexibility index (Phi) is 3.95. The molecular weight excluding hydrogens is 290 g/mol. The molecule has 0 fully saturated rings. The molecule has 2 aromatic rings. The van der Waals surface area contributed by atoms with Crippen LogP contribution in [0.4, 0.5) is 5.69 Å². The number of phenolic OH excluding ortho intramolecular Hbond substituents is 1. The quantitative estimate of drug-likeness (QED) is 0.940. The average Bonchev–Trinajstić information content (AvgIpc) is 2.82. The molecule has 0 amide bonds. The summed E-state index contributed by atoms with van der Waals surface area (Å²) in [5.74, 6) is 0.0911. The van der Waals surface area contributed by atoms with Crippen LogP contribution in [0.3, 0.4) is 0 Å². The molecule has 21 heavy (non-hydrogen) atoms. The summed E-state index contributed by atoms with van der Waals surface area (Å²) in [6, 6.07) is 6.09. The van der Waals surface area contributed by atoms with Gasteiger partial charge in [0.1, 0.15) is 10.6 Å². The van der Waals surface area contributed by atoms with Crippen molar-refractivity contribution in [3.63, 3.8) is 0 Å². The van der Waals surface area contributed by atoms with Crippen LogP contribution in [0.5, 0.6) is 5.75 Å². The molecular formula is C14H19N3O3S. The molecule has 0 saturated heterocycles. The first-order chi connectivity index (χ1) is 9.73. The Morgan fingerprint density at radius 3 is 2.29 bits per heavy atom. The summed E-state index contributed by atoms with van der Waals surface area (Å²) in [6.45, 7) is 5.55. The normalized spacial score (nSPS) is 11.9. The van der Waals surface area contributed by atoms with Crippen LogP contribution >= 0.6 is 0 Å². The number of nitrogens with zero attached hydrogens (tertiary/aromatic N) is 3. The van der Waals surface area contributed by atoms with E-state index in [-0.39, 0.29) is 16.7 Å². The van der Waals surface area contributed by atoms with E-state index in [2.05, 4.69) is 5.10 Å². The molecule has 2 rings (SSSR count). The average molecular weight is 309 g/mol. The summed E-state index contributed by atoms with van der Waals surface area (Å²) in [4.78, 5) is 0.187. The first-order valence-corrected chi connectivity index (χ1v) is 8.01. The molecule has 0 aliphatic rings. The third-order valence-electron chi connectivity index (χ3n) is 3.25. The topological polar surface area (TPSA) is 75.4 Å². The molecule has 1 heterocycles. The van der Waals surface area contributed by atoms with Gasteiger partial charge in [-0.25, -0.2) is 8.42 Å². The second kappa shape index (κ2) is 5.40. The van der Waals surface area contributed by atoms with Crippen molar-refractivity contribution >= 4 is 15.7 Å². The van der Waals surface area contributed by atoms with Gasteiger partial charge < -0.3 is 5.11 Å². The number of aromatic hydroxyl groups is 1. The van der Waals surface area contributed by atoms with Gasteiger partial charge in [0.2, 0.25) is 0 Å². The highest BCUT2D eigenvalue weighted by molar-refractivity contribution is 7.92. The maximum Gasteiger partial charge on any atom is 0.267 e. The zero-order valence-electron chi connectivity index (χ0n) is 12.5. The minimum atomic E-state index is -3.68. The lowest BCUT2D eigenvalue weighted by Crippen LogP contribution is -2.26. The number of aryl methyl sites for hydroxylation is 1. The molecule has 0 aliphatic heterocycles. The van der Waals surface area contributed by atoms with E-state index >= 15 is 0 Å². The molecule has 7 heteroatoms. The lowest BCUT2D eigenvalue weighted by atomic mass is 10.3. The fraction of sp³-hybridized carbons (Fsp3) is 0.357. The number of rotatable bonds is 4. The summed E-state index contributed by atoms with van der Waals surface area (Å²) in [5.41, 5.74) is 0.943. The van der Waals surface area contributed by atoms with Crippen molar-refractivity contribution in [2.75, 3.05) is 11.4 Å². The van der Waals surface area contributed by atoms with Crippen molar-refractivity contribution in [3.05, 3.63) is 36.2 Å². The first-order valence-electron chi connectivity index (χ1n) is 6.57. The van der Waals surface area contributed by atoms with E-state index in [4.69, 9.17) is 0 Å². The Hall–Kier alpha value is -2.02. The molecule has 0 aliphatic carbocycles. The van der Waals surface area contributed by atoms with Gasteiger partial charge >= 0.3 is 0 Å². The van der Waals surface area contributed by atoms with Gasteiger partial charge in [-0.3, -0.25) is 8.99 Å². The van der Waals surface area contributed by atoms with E-state index < -0.39 is 10.0 Å². The zero-order chi connectivity index (χ0) is 15.8. The summed E-state index contributed by atoms with van der Waals surface area (Å²) >= 11 is 0. The minimum absolute atomic E-state index is 0.0895. The molecule has 1 aromatic heterocycles. The van der Waals surface area contributed by atoms with E-state index in [1.165, 1.54) is 23.5 Å². The van der Waals surface area contributed by atoms with Gasteiger partial charge in [0.05, 0.1) is 11.4 Å². The SMILES string of the molecule is Cc1nn(C(C)C)cc1S(=O)(=O)N(C)c1ccc(O)cc1. The lowest BCUT2D eigenvalue weighted by molar-refractivity contribution is 0.475. The number of anilines is 1. The van der Waals surface area contributed by atoms with Crippen molar-refractivity contribution < 1.29 is 13.5 Å². The summed E-state index contributed by atoms with van der Waals surface area (Å²) in [7, 11) is -2.20. The summed E-state index contributed by atoms with van der Waals surface area (Å²) < 4.78 is 28.2. The highest BCUT2D eigenvalue weighted by Crippen LogP contribution is 2.25. The van der Waals surface area contributed by atoms with E-state index in [9.17, 15) is 13.5 Å². The molecule has 1 aromatic carbocycles. The first kappa shape index (κ1) is 15.4. The Morgan fingerprint density at radius 2 is 1.81 bits per heavy atom. The fourth-order valence-electron chi connectivity index (χ4n) is 1.93. The molecule has 0 unspecified atom stereocenters. The summed E-state index contributed by atoms with van der Waals surface area (Å²) in [5, 5.41) is 13.5. The van der Waals surface area contributed by atoms with Crippen LogP contribution in [-0.2, 0) is 10.0 Å². The highest BCUT2D eigenvalue weighted by Gasteiger charge is 2.26. The molecule has 0 radical (unpaired) electrons. The lowest BCUT2D eigenvalue weighted by Gasteiger charge is -2.19. The molecule has 1 N–H and O–H groups in total. The van der Waals surface area contributed by atoms with Gasteiger partial charge in [-0.2, -0.15) is 5.10 Å². The van der Waals surface area contributed by atoms with Crippen LogP contribution in [-0.4, -0.2) is 30.4 Å². The van der Waals surface area contributed by atoms with E-state index in [1.807, 2.05) is 13.8 Å². The van der Waals surface area contributed by atoms with Crippen molar-refractivity contribution in [2.24, 2.45) is 0 Å². The molecule has 6 nitrogen and oxygen atoms in total. The maximum absolute atomic E-state index is 12.7. The van der Waals surface area contributed by atoms with Gasteiger partial charge in [-0.1, -0.05) is 0 Å². The van der Waals surface area contributed by atoms with Crippen LogP contribution in [0.25, 0.3) is 0 Å². The number of sulfonamides is 1. The Balaban J connectivity index is 2.44. The predicted octanol–water partition coefficient (Wildman–Crippen LogP) is 2.30. The number of hydrogen-bond acceptors (Lipinski definition) is 4. The van der Waals surface area contributed by atoms with Crippen molar-refractivity contribution in [3.8, 4) is 5.75 Å². The maximum atomic E-state index is 12.7. The number of aromatic nitrogens is 2. The molecule has 0 spiro atoms.